The van der Waals surface area contributed by atoms with Gasteiger partial charge in [-0.05, 0) is 37.1 Å². The lowest BCUT2D eigenvalue weighted by Crippen LogP contribution is -2.45. The lowest BCUT2D eigenvalue weighted by atomic mass is 10.1. The summed E-state index contributed by atoms with van der Waals surface area (Å²) in [4.78, 5) is 21.2. The first-order valence-electron chi connectivity index (χ1n) is 9.54. The van der Waals surface area contributed by atoms with Crippen LogP contribution in [-0.2, 0) is 9.53 Å². The van der Waals surface area contributed by atoms with E-state index in [-0.39, 0.29) is 17.8 Å². The number of ether oxygens (including phenoxy) is 1. The Morgan fingerprint density at radius 3 is 2.78 bits per heavy atom. The van der Waals surface area contributed by atoms with Gasteiger partial charge in [0.2, 0.25) is 5.91 Å². The third-order valence-electron chi connectivity index (χ3n) is 5.19. The molecule has 2 aromatic rings. The number of likely N-dealkylation sites (tertiary alicyclic amines) is 1. The fourth-order valence-electron chi connectivity index (χ4n) is 3.72. The van der Waals surface area contributed by atoms with Gasteiger partial charge in [-0.3, -0.25) is 14.7 Å². The lowest BCUT2D eigenvalue weighted by molar-refractivity contribution is -0.133. The van der Waals surface area contributed by atoms with E-state index < -0.39 is 0 Å². The molecule has 0 spiro atoms. The van der Waals surface area contributed by atoms with E-state index in [1.165, 1.54) is 12.1 Å². The minimum absolute atomic E-state index is 0.182. The summed E-state index contributed by atoms with van der Waals surface area (Å²) >= 11 is 0. The van der Waals surface area contributed by atoms with E-state index in [2.05, 4.69) is 9.88 Å². The van der Waals surface area contributed by atoms with Gasteiger partial charge in [-0.1, -0.05) is 18.2 Å². The van der Waals surface area contributed by atoms with Crippen LogP contribution in [0.15, 0.2) is 42.5 Å². The Labute approximate surface area is 158 Å². The quantitative estimate of drug-likeness (QED) is 0.831. The van der Waals surface area contributed by atoms with E-state index in [0.29, 0.717) is 19.7 Å². The number of hydrogen-bond donors (Lipinski definition) is 0. The van der Waals surface area contributed by atoms with Crippen LogP contribution in [0.1, 0.15) is 24.6 Å². The number of carbonyl (C=O) groups is 1. The molecule has 1 atom stereocenters. The molecule has 2 saturated heterocycles. The fourth-order valence-corrected chi connectivity index (χ4v) is 3.72. The van der Waals surface area contributed by atoms with Gasteiger partial charge in [0.1, 0.15) is 11.9 Å². The van der Waals surface area contributed by atoms with E-state index in [9.17, 15) is 9.18 Å². The van der Waals surface area contributed by atoms with Crippen molar-refractivity contribution in [1.29, 1.82) is 0 Å². The van der Waals surface area contributed by atoms with Crippen molar-refractivity contribution in [2.45, 2.75) is 18.9 Å². The van der Waals surface area contributed by atoms with Crippen molar-refractivity contribution in [2.24, 2.45) is 0 Å². The van der Waals surface area contributed by atoms with Crippen LogP contribution in [0, 0.1) is 5.82 Å². The molecule has 4 rings (SSSR count). The molecule has 0 bridgehead atoms. The molecule has 6 heteroatoms. The van der Waals surface area contributed by atoms with Crippen LogP contribution in [0.3, 0.4) is 0 Å². The summed E-state index contributed by atoms with van der Waals surface area (Å²) in [6.45, 7) is 4.15. The first-order chi connectivity index (χ1) is 13.2. The standard InChI is InChI=1S/C21H24FN3O2/c22-17-6-3-5-16(13-17)18-7-4-8-19(23-18)20-14-24(11-12-27-20)15-21(26)25-9-1-2-10-25/h3-8,13,20H,1-2,9-12,14-15H2/t20-/m1/s1. The Hall–Kier alpha value is -2.31. The highest BCUT2D eigenvalue weighted by Crippen LogP contribution is 2.24. The zero-order valence-electron chi connectivity index (χ0n) is 15.3. The Kier molecular flexibility index (Phi) is 5.45. The Balaban J connectivity index is 1.45. The molecule has 1 amide bonds. The second-order valence-electron chi connectivity index (χ2n) is 7.14. The maximum atomic E-state index is 13.5. The topological polar surface area (TPSA) is 45.7 Å². The van der Waals surface area contributed by atoms with Crippen LogP contribution in [0.4, 0.5) is 4.39 Å². The summed E-state index contributed by atoms with van der Waals surface area (Å²) in [5, 5.41) is 0. The van der Waals surface area contributed by atoms with Crippen LogP contribution in [0.25, 0.3) is 11.3 Å². The molecule has 0 N–H and O–H groups in total. The molecular weight excluding hydrogens is 345 g/mol. The maximum absolute atomic E-state index is 13.5. The Morgan fingerprint density at radius 2 is 1.96 bits per heavy atom. The molecular formula is C21H24FN3O2. The average Bonchev–Trinajstić information content (AvgIpc) is 3.23. The second kappa shape index (κ2) is 8.15. The van der Waals surface area contributed by atoms with E-state index >= 15 is 0 Å². The van der Waals surface area contributed by atoms with Crippen molar-refractivity contribution in [3.63, 3.8) is 0 Å². The number of aromatic nitrogens is 1. The Morgan fingerprint density at radius 1 is 1.15 bits per heavy atom. The van der Waals surface area contributed by atoms with Gasteiger partial charge >= 0.3 is 0 Å². The third-order valence-corrected chi connectivity index (χ3v) is 5.19. The number of hydrogen-bond acceptors (Lipinski definition) is 4. The average molecular weight is 369 g/mol. The molecule has 3 heterocycles. The van der Waals surface area contributed by atoms with Gasteiger partial charge in [-0.25, -0.2) is 4.39 Å². The molecule has 2 aliphatic rings. The zero-order chi connectivity index (χ0) is 18.6. The molecule has 2 aliphatic heterocycles. The number of nitrogens with zero attached hydrogens (tertiary/aromatic N) is 3. The summed E-state index contributed by atoms with van der Waals surface area (Å²) < 4.78 is 19.4. The molecule has 0 unspecified atom stereocenters. The van der Waals surface area contributed by atoms with Crippen molar-refractivity contribution in [3.8, 4) is 11.3 Å². The molecule has 2 fully saturated rings. The lowest BCUT2D eigenvalue weighted by Gasteiger charge is -2.33. The van der Waals surface area contributed by atoms with Crippen molar-refractivity contribution in [3.05, 3.63) is 54.0 Å². The minimum atomic E-state index is -0.278. The fraction of sp³-hybridized carbons (Fsp3) is 0.429. The van der Waals surface area contributed by atoms with Gasteiger partial charge in [-0.15, -0.1) is 0 Å². The molecule has 0 radical (unpaired) electrons. The molecule has 0 saturated carbocycles. The van der Waals surface area contributed by atoms with Gasteiger partial charge in [0.15, 0.2) is 0 Å². The number of carbonyl (C=O) groups excluding carboxylic acids is 1. The van der Waals surface area contributed by atoms with Crippen LogP contribution in [0.2, 0.25) is 0 Å². The highest BCUT2D eigenvalue weighted by molar-refractivity contribution is 5.78. The molecule has 1 aromatic heterocycles. The number of halogens is 1. The van der Waals surface area contributed by atoms with Crippen LogP contribution in [0.5, 0.6) is 0 Å². The molecule has 27 heavy (non-hydrogen) atoms. The van der Waals surface area contributed by atoms with E-state index in [1.807, 2.05) is 29.2 Å². The number of amides is 1. The predicted octanol–water partition coefficient (Wildman–Crippen LogP) is 2.88. The monoisotopic (exact) mass is 369 g/mol. The SMILES string of the molecule is O=C(CN1CCO[C@@H](c2cccc(-c3cccc(F)c3)n2)C1)N1CCCC1. The van der Waals surface area contributed by atoms with Crippen molar-refractivity contribution in [1.82, 2.24) is 14.8 Å². The van der Waals surface area contributed by atoms with Gasteiger partial charge in [0, 0.05) is 31.7 Å². The molecule has 0 aliphatic carbocycles. The van der Waals surface area contributed by atoms with Crippen LogP contribution in [-0.4, -0.2) is 60.0 Å². The zero-order valence-corrected chi connectivity index (χ0v) is 15.3. The number of benzene rings is 1. The molecule has 5 nitrogen and oxygen atoms in total. The highest BCUT2D eigenvalue weighted by Gasteiger charge is 2.27. The summed E-state index contributed by atoms with van der Waals surface area (Å²) in [6, 6.07) is 12.1. The summed E-state index contributed by atoms with van der Waals surface area (Å²) in [5.41, 5.74) is 2.28. The van der Waals surface area contributed by atoms with Crippen molar-refractivity contribution >= 4 is 5.91 Å². The first kappa shape index (κ1) is 18.1. The smallest absolute Gasteiger partial charge is 0.236 e. The minimum Gasteiger partial charge on any atom is -0.369 e. The number of pyridine rings is 1. The van der Waals surface area contributed by atoms with Crippen LogP contribution < -0.4 is 0 Å². The first-order valence-corrected chi connectivity index (χ1v) is 9.54. The van der Waals surface area contributed by atoms with Gasteiger partial charge in [-0.2, -0.15) is 0 Å². The maximum Gasteiger partial charge on any atom is 0.236 e. The second-order valence-corrected chi connectivity index (χ2v) is 7.14. The third kappa shape index (κ3) is 4.34. The number of rotatable bonds is 4. The van der Waals surface area contributed by atoms with Crippen LogP contribution >= 0.6 is 0 Å². The van der Waals surface area contributed by atoms with Crippen molar-refractivity contribution < 1.29 is 13.9 Å². The molecule has 142 valence electrons. The summed E-state index contributed by atoms with van der Waals surface area (Å²) in [6.07, 6.45) is 2.03. The summed E-state index contributed by atoms with van der Waals surface area (Å²) in [7, 11) is 0. The summed E-state index contributed by atoms with van der Waals surface area (Å²) in [5.74, 6) is -0.0742. The number of morpholine rings is 1. The van der Waals surface area contributed by atoms with Gasteiger partial charge in [0.25, 0.3) is 0 Å². The molecule has 1 aromatic carbocycles. The largest absolute Gasteiger partial charge is 0.369 e. The van der Waals surface area contributed by atoms with E-state index in [4.69, 9.17) is 4.74 Å². The van der Waals surface area contributed by atoms with E-state index in [1.54, 1.807) is 6.07 Å². The normalized spacial score (nSPS) is 20.8. The van der Waals surface area contributed by atoms with Gasteiger partial charge < -0.3 is 9.64 Å². The Bertz CT molecular complexity index is 808. The van der Waals surface area contributed by atoms with Crippen molar-refractivity contribution in [2.75, 3.05) is 39.3 Å². The highest BCUT2D eigenvalue weighted by atomic mass is 19.1. The predicted molar refractivity (Wildman–Crippen MR) is 101 cm³/mol. The van der Waals surface area contributed by atoms with Gasteiger partial charge in [0.05, 0.1) is 24.5 Å². The van der Waals surface area contributed by atoms with E-state index in [0.717, 1.165) is 49.4 Å².